The average Bonchev–Trinajstić information content (AvgIpc) is 0.999. The molecule has 0 aliphatic heterocycles. The number of rotatable bonds is 11. The van der Waals surface area contributed by atoms with Gasteiger partial charge in [0.15, 0.2) is 0 Å². The maximum Gasteiger partial charge on any atom is 0.136 e. The molecule has 0 saturated heterocycles. The second kappa shape index (κ2) is 33.9. The highest BCUT2D eigenvalue weighted by molar-refractivity contribution is 6.28. The molecule has 1 aliphatic carbocycles. The first-order valence-corrected chi connectivity index (χ1v) is 47.2. The first kappa shape index (κ1) is 75.0. The van der Waals surface area contributed by atoms with Gasteiger partial charge in [-0.05, 0) is 285 Å². The third-order valence-electron chi connectivity index (χ3n) is 28.2. The summed E-state index contributed by atoms with van der Waals surface area (Å²) in [5.41, 5.74) is 32.8. The van der Waals surface area contributed by atoms with Gasteiger partial charge in [-0.25, -0.2) is 0 Å². The number of benzene rings is 23. The highest BCUT2D eigenvalue weighted by Gasteiger charge is 2.28. The molecule has 0 amide bonds. The normalized spacial score (nSPS) is 12.6. The van der Waals surface area contributed by atoms with Gasteiger partial charge in [0.25, 0.3) is 0 Å². The minimum atomic E-state index is -0.398. The Balaban J connectivity index is 0.000000109. The third-order valence-corrected chi connectivity index (χ3v) is 28.2. The SMILES string of the molecule is [2H]c1c([2H])c([2H])c(-c2c3ccccc3c(-c3ccc(-c4cccc5oc6ccccc6c45)c4ccccc34)c3ccccc23)c([2H])c1[2H].c1ccc(-c2c3ccccc3c(-c3cccc(-c4ccc5oc6ccccc6c5c4-c4cccc5c4CCCC5)c3)c3ccccc23)cc1.c1ccc(-c2c3ccccc3c(-c3cccc(-c4ccc5oc6ccccc6c5c4-c4ccccn4)c3)c3ccccc23)cc1. The molecular weight excluding hydrogens is 1660 g/mol. The number of fused-ring (bicyclic) bond motifs is 17. The van der Waals surface area contributed by atoms with Crippen molar-refractivity contribution in [2.24, 2.45) is 0 Å². The third kappa shape index (κ3) is 13.7. The summed E-state index contributed by atoms with van der Waals surface area (Å²) < 4.78 is 61.8. The van der Waals surface area contributed by atoms with Gasteiger partial charge in [-0.3, -0.25) is 4.98 Å². The fourth-order valence-corrected chi connectivity index (χ4v) is 22.4. The molecule has 137 heavy (non-hydrogen) atoms. The van der Waals surface area contributed by atoms with Crippen LogP contribution in [0, 0.1) is 0 Å². The summed E-state index contributed by atoms with van der Waals surface area (Å²) in [7, 11) is 0. The fraction of sp³-hybridized carbons (Fsp3) is 0.0301. The van der Waals surface area contributed by atoms with Gasteiger partial charge in [-0.15, -0.1) is 0 Å². The van der Waals surface area contributed by atoms with Crippen LogP contribution in [0.3, 0.4) is 0 Å². The van der Waals surface area contributed by atoms with Crippen LogP contribution in [0.2, 0.25) is 0 Å². The number of aryl methyl sites for hydroxylation is 1. The Labute approximate surface area is 799 Å². The molecule has 0 fully saturated rings. The van der Waals surface area contributed by atoms with Crippen molar-refractivity contribution < 1.29 is 20.1 Å². The lowest BCUT2D eigenvalue weighted by Crippen LogP contribution is -2.04. The molecule has 0 N–H and O–H groups in total. The molecule has 27 aromatic rings. The Morgan fingerprint density at radius 2 is 0.518 bits per heavy atom. The summed E-state index contributed by atoms with van der Waals surface area (Å²) in [5, 5.41) is 22.6. The van der Waals surface area contributed by atoms with E-state index in [2.05, 4.69) is 358 Å². The zero-order chi connectivity index (χ0) is 94.7. The Hall–Kier alpha value is -17.6. The lowest BCUT2D eigenvalue weighted by atomic mass is 9.81. The van der Waals surface area contributed by atoms with Crippen LogP contribution in [0.15, 0.2) is 493 Å². The van der Waals surface area contributed by atoms with E-state index in [0.29, 0.717) is 5.56 Å². The van der Waals surface area contributed by atoms with Gasteiger partial charge in [-0.1, -0.05) is 406 Å². The molecule has 4 heteroatoms. The highest BCUT2D eigenvalue weighted by Crippen LogP contribution is 2.54. The largest absolute Gasteiger partial charge is 0.456 e. The van der Waals surface area contributed by atoms with E-state index in [1.807, 2.05) is 91.1 Å². The van der Waals surface area contributed by atoms with E-state index in [4.69, 9.17) is 25.1 Å². The topological polar surface area (TPSA) is 52.3 Å². The van der Waals surface area contributed by atoms with Crippen molar-refractivity contribution in [3.63, 3.8) is 0 Å². The van der Waals surface area contributed by atoms with Crippen molar-refractivity contribution in [3.05, 3.63) is 490 Å². The summed E-state index contributed by atoms with van der Waals surface area (Å²) in [6, 6.07) is 156. The van der Waals surface area contributed by atoms with Crippen molar-refractivity contribution in [3.8, 4) is 123 Å². The molecule has 4 aromatic heterocycles. The second-order valence-corrected chi connectivity index (χ2v) is 35.7. The number of nitrogens with zero attached hydrogens (tertiary/aromatic N) is 1. The fourth-order valence-electron chi connectivity index (χ4n) is 22.4. The monoisotopic (exact) mass is 1750 g/mol. The van der Waals surface area contributed by atoms with Gasteiger partial charge in [0.1, 0.15) is 33.5 Å². The van der Waals surface area contributed by atoms with Crippen LogP contribution in [0.25, 0.3) is 264 Å². The molecule has 23 aromatic carbocycles. The van der Waals surface area contributed by atoms with E-state index < -0.39 is 6.04 Å². The van der Waals surface area contributed by atoms with E-state index in [9.17, 15) is 0 Å². The van der Waals surface area contributed by atoms with E-state index in [1.165, 1.54) is 145 Å². The number of pyridine rings is 1. The lowest BCUT2D eigenvalue weighted by molar-refractivity contribution is 0.668. The van der Waals surface area contributed by atoms with E-state index >= 15 is 0 Å². The van der Waals surface area contributed by atoms with Crippen molar-refractivity contribution in [2.75, 3.05) is 0 Å². The van der Waals surface area contributed by atoms with E-state index in [0.717, 1.165) is 145 Å². The number of hydrogen-bond acceptors (Lipinski definition) is 4. The molecule has 0 unspecified atom stereocenters. The van der Waals surface area contributed by atoms with Crippen LogP contribution in [0.4, 0.5) is 0 Å². The Kier molecular flexibility index (Phi) is 18.6. The molecule has 1 aliphatic rings. The molecule has 642 valence electrons. The maximum atomic E-state index is 8.87. The molecular formula is C133H87NO3. The van der Waals surface area contributed by atoms with Crippen molar-refractivity contribution >= 4 is 141 Å². The van der Waals surface area contributed by atoms with Gasteiger partial charge in [0, 0.05) is 49.6 Å². The van der Waals surface area contributed by atoms with Crippen LogP contribution < -0.4 is 0 Å². The number of furan rings is 3. The molecule has 4 heterocycles. The first-order chi connectivity index (χ1) is 70.1. The predicted octanol–water partition coefficient (Wildman–Crippen LogP) is 37.4. The van der Waals surface area contributed by atoms with Crippen LogP contribution in [-0.2, 0) is 12.8 Å². The summed E-state index contributed by atoms with van der Waals surface area (Å²) in [6.45, 7) is 0. The summed E-state index contributed by atoms with van der Waals surface area (Å²) in [6.07, 6.45) is 6.62. The zero-order valence-electron chi connectivity index (χ0n) is 79.7. The van der Waals surface area contributed by atoms with Crippen molar-refractivity contribution in [2.45, 2.75) is 25.7 Å². The maximum absolute atomic E-state index is 8.87. The number of para-hydroxylation sites is 3. The van der Waals surface area contributed by atoms with Crippen molar-refractivity contribution in [1.29, 1.82) is 0 Å². The number of hydrogen-bond donors (Lipinski definition) is 0. The van der Waals surface area contributed by atoms with Gasteiger partial charge in [0.2, 0.25) is 0 Å². The minimum absolute atomic E-state index is 0.209. The van der Waals surface area contributed by atoms with Crippen LogP contribution >= 0.6 is 0 Å². The first-order valence-electron chi connectivity index (χ1n) is 49.7. The van der Waals surface area contributed by atoms with Gasteiger partial charge >= 0.3 is 0 Å². The van der Waals surface area contributed by atoms with Gasteiger partial charge in [0.05, 0.1) is 12.5 Å². The lowest BCUT2D eigenvalue weighted by Gasteiger charge is -2.22. The van der Waals surface area contributed by atoms with Gasteiger partial charge in [-0.2, -0.15) is 0 Å². The summed E-state index contributed by atoms with van der Waals surface area (Å²) in [5.74, 6) is 0. The molecule has 0 bridgehead atoms. The van der Waals surface area contributed by atoms with E-state index in [-0.39, 0.29) is 29.7 Å². The Morgan fingerprint density at radius 1 is 0.190 bits per heavy atom. The molecule has 0 radical (unpaired) electrons. The number of aromatic nitrogens is 1. The second-order valence-electron chi connectivity index (χ2n) is 35.7. The highest BCUT2D eigenvalue weighted by atomic mass is 16.3. The van der Waals surface area contributed by atoms with Gasteiger partial charge < -0.3 is 13.3 Å². The van der Waals surface area contributed by atoms with E-state index in [1.54, 1.807) is 0 Å². The van der Waals surface area contributed by atoms with Crippen molar-refractivity contribution in [1.82, 2.24) is 4.98 Å². The molecule has 4 nitrogen and oxygen atoms in total. The average molecular weight is 1750 g/mol. The standard InChI is InChI=1S/C48H34O.C43H27NO.C42H26O/c1-2-15-32(16-3-1)45-38-21-6-8-23-40(38)46(41-24-9-7-22-39(41)45)34-19-12-18-33(30-34)36-28-29-44-48(42-25-10-11-27-43(42)49-44)47(36)37-26-13-17-31-14-4-5-20-35(31)37;1-2-13-28(14-3-1)40-32-17-4-6-19-34(32)41(35-20-7-5-18-33(35)40)30-16-12-15-29(27-30)31-24-25-39-43(36-21-8-9-23-38(36)45-39)42(31)37-22-10-11-26-44-37;1-2-13-27(14-3-1)40-32-17-6-8-19-34(32)41(35-20-9-7-18-33(35)40)36-26-25-30(28-15-4-5-16-29(28)36)31-22-12-24-39-42(31)37-21-10-11-23-38(37)43-39/h1-3,6-13,15-19,21-30H,4-5,14,20H2;1-27H;1-26H/i;;1D,2D,3D,13D,14D. The predicted molar refractivity (Wildman–Crippen MR) is 578 cm³/mol. The van der Waals surface area contributed by atoms with Crippen LogP contribution in [0.1, 0.15) is 30.8 Å². The molecule has 28 rings (SSSR count). The smallest absolute Gasteiger partial charge is 0.136 e. The van der Waals surface area contributed by atoms with Crippen LogP contribution in [-0.4, -0.2) is 4.98 Å². The summed E-state index contributed by atoms with van der Waals surface area (Å²) in [4.78, 5) is 4.83. The zero-order valence-corrected chi connectivity index (χ0v) is 74.7. The molecule has 0 atom stereocenters. The molecule has 0 spiro atoms. The quantitative estimate of drug-likeness (QED) is 0.121. The van der Waals surface area contributed by atoms with Crippen LogP contribution in [0.5, 0.6) is 0 Å². The summed E-state index contributed by atoms with van der Waals surface area (Å²) >= 11 is 0. The Morgan fingerprint density at radius 3 is 0.993 bits per heavy atom. The Bertz CT molecular complexity index is 9620. The minimum Gasteiger partial charge on any atom is -0.456 e. The molecule has 0 saturated carbocycles.